The van der Waals surface area contributed by atoms with Crippen LogP contribution in [0.1, 0.15) is 55.3 Å². The van der Waals surface area contributed by atoms with Crippen molar-refractivity contribution in [2.24, 2.45) is 7.05 Å². The topological polar surface area (TPSA) is 118 Å². The summed E-state index contributed by atoms with van der Waals surface area (Å²) in [6.45, 7) is 0.645. The van der Waals surface area contributed by atoms with Crippen molar-refractivity contribution in [3.63, 3.8) is 0 Å². The number of pyridine rings is 1. The minimum Gasteiger partial charge on any atom is -0.488 e. The molecule has 1 aliphatic heterocycles. The number of hydrogen-bond acceptors (Lipinski definition) is 6. The van der Waals surface area contributed by atoms with Crippen LogP contribution in [0.5, 0.6) is 5.75 Å². The van der Waals surface area contributed by atoms with Crippen molar-refractivity contribution in [1.29, 1.82) is 0 Å². The SMILES string of the molecule is Cn1ncc2ccc(C(=O)N[C@H](CCCCCCCC3COc4cccnc4N3)C(=O)O)cc21. The van der Waals surface area contributed by atoms with E-state index in [1.807, 2.05) is 18.2 Å². The molecular formula is C25H31N5O4. The lowest BCUT2D eigenvalue weighted by Crippen LogP contribution is -2.40. The number of carboxylic acids is 1. The number of nitrogens with zero attached hydrogens (tertiary/aromatic N) is 3. The summed E-state index contributed by atoms with van der Waals surface area (Å²) >= 11 is 0. The van der Waals surface area contributed by atoms with Crippen LogP contribution in [-0.4, -0.2) is 50.4 Å². The fourth-order valence-electron chi connectivity index (χ4n) is 4.25. The smallest absolute Gasteiger partial charge is 0.326 e. The zero-order valence-corrected chi connectivity index (χ0v) is 19.4. The van der Waals surface area contributed by atoms with E-state index < -0.39 is 12.0 Å². The average Bonchev–Trinajstić information content (AvgIpc) is 3.22. The molecule has 0 bridgehead atoms. The highest BCUT2D eigenvalue weighted by Gasteiger charge is 2.21. The van der Waals surface area contributed by atoms with E-state index in [-0.39, 0.29) is 11.9 Å². The van der Waals surface area contributed by atoms with Gasteiger partial charge in [0.25, 0.3) is 5.91 Å². The van der Waals surface area contributed by atoms with Crippen LogP contribution < -0.4 is 15.4 Å². The van der Waals surface area contributed by atoms with Gasteiger partial charge < -0.3 is 20.5 Å². The fourth-order valence-corrected chi connectivity index (χ4v) is 4.25. The highest BCUT2D eigenvalue weighted by Crippen LogP contribution is 2.27. The second kappa shape index (κ2) is 11.0. The van der Waals surface area contributed by atoms with Gasteiger partial charge in [0.1, 0.15) is 12.6 Å². The molecule has 0 aliphatic carbocycles. The van der Waals surface area contributed by atoms with Crippen LogP contribution in [0.15, 0.2) is 42.7 Å². The average molecular weight is 466 g/mol. The van der Waals surface area contributed by atoms with E-state index in [9.17, 15) is 14.7 Å². The number of carbonyl (C=O) groups excluding carboxylic acids is 1. The second-order valence-electron chi connectivity index (χ2n) is 8.75. The Hall–Kier alpha value is -3.62. The van der Waals surface area contributed by atoms with Gasteiger partial charge in [-0.15, -0.1) is 0 Å². The first-order valence-corrected chi connectivity index (χ1v) is 11.8. The zero-order chi connectivity index (χ0) is 23.9. The molecule has 4 rings (SSSR count). The van der Waals surface area contributed by atoms with Crippen LogP contribution in [-0.2, 0) is 11.8 Å². The van der Waals surface area contributed by atoms with Crippen LogP contribution in [0.25, 0.3) is 10.9 Å². The van der Waals surface area contributed by atoms with Gasteiger partial charge in [0.15, 0.2) is 11.6 Å². The number of hydrogen-bond donors (Lipinski definition) is 3. The van der Waals surface area contributed by atoms with Gasteiger partial charge in [0.2, 0.25) is 0 Å². The maximum atomic E-state index is 12.6. The number of benzene rings is 1. The molecular weight excluding hydrogens is 434 g/mol. The van der Waals surface area contributed by atoms with Gasteiger partial charge in [-0.3, -0.25) is 9.48 Å². The third-order valence-electron chi connectivity index (χ3n) is 6.21. The number of unbranched alkanes of at least 4 members (excludes halogenated alkanes) is 4. The molecule has 2 atom stereocenters. The van der Waals surface area contributed by atoms with Crippen molar-refractivity contribution in [3.05, 3.63) is 48.3 Å². The number of aryl methyl sites for hydroxylation is 1. The Kier molecular flexibility index (Phi) is 7.61. The first-order chi connectivity index (χ1) is 16.5. The van der Waals surface area contributed by atoms with E-state index in [1.165, 1.54) is 0 Å². The third kappa shape index (κ3) is 5.84. The number of carbonyl (C=O) groups is 2. The summed E-state index contributed by atoms with van der Waals surface area (Å²) in [7, 11) is 1.81. The highest BCUT2D eigenvalue weighted by atomic mass is 16.5. The summed E-state index contributed by atoms with van der Waals surface area (Å²) in [6.07, 6.45) is 9.75. The predicted octanol–water partition coefficient (Wildman–Crippen LogP) is 3.76. The molecule has 1 amide bonds. The molecule has 9 nitrogen and oxygen atoms in total. The van der Waals surface area contributed by atoms with E-state index in [1.54, 1.807) is 36.3 Å². The molecule has 0 spiro atoms. The molecule has 1 aliphatic rings. The van der Waals surface area contributed by atoms with Crippen LogP contribution in [0, 0.1) is 0 Å². The van der Waals surface area contributed by atoms with Gasteiger partial charge in [-0.1, -0.05) is 38.2 Å². The molecule has 2 aromatic heterocycles. The van der Waals surface area contributed by atoms with Crippen LogP contribution in [0.2, 0.25) is 0 Å². The van der Waals surface area contributed by atoms with Crippen molar-refractivity contribution in [3.8, 4) is 5.75 Å². The monoisotopic (exact) mass is 465 g/mol. The van der Waals surface area contributed by atoms with Crippen LogP contribution >= 0.6 is 0 Å². The van der Waals surface area contributed by atoms with E-state index in [0.29, 0.717) is 18.6 Å². The Bertz CT molecular complexity index is 1150. The molecule has 180 valence electrons. The number of rotatable bonds is 11. The Balaban J connectivity index is 1.15. The predicted molar refractivity (Wildman–Crippen MR) is 129 cm³/mol. The molecule has 0 fully saturated rings. The van der Waals surface area contributed by atoms with Crippen molar-refractivity contribution in [2.75, 3.05) is 11.9 Å². The van der Waals surface area contributed by atoms with Crippen molar-refractivity contribution < 1.29 is 19.4 Å². The van der Waals surface area contributed by atoms with Gasteiger partial charge >= 0.3 is 5.97 Å². The minimum absolute atomic E-state index is 0.263. The summed E-state index contributed by atoms with van der Waals surface area (Å²) < 4.78 is 7.44. The number of anilines is 1. The van der Waals surface area contributed by atoms with Gasteiger partial charge in [0, 0.05) is 24.2 Å². The quantitative estimate of drug-likeness (QED) is 0.369. The molecule has 1 aromatic carbocycles. The van der Waals surface area contributed by atoms with Gasteiger partial charge in [0.05, 0.1) is 17.8 Å². The molecule has 3 N–H and O–H groups in total. The lowest BCUT2D eigenvalue weighted by Gasteiger charge is -2.26. The Morgan fingerprint density at radius 1 is 1.24 bits per heavy atom. The number of aliphatic carboxylic acids is 1. The first-order valence-electron chi connectivity index (χ1n) is 11.8. The normalized spacial score (nSPS) is 15.7. The summed E-state index contributed by atoms with van der Waals surface area (Å²) in [5.41, 5.74) is 1.26. The first kappa shape index (κ1) is 23.5. The van der Waals surface area contributed by atoms with Crippen LogP contribution in [0.4, 0.5) is 5.82 Å². The molecule has 9 heteroatoms. The lowest BCUT2D eigenvalue weighted by atomic mass is 10.0. The standard InChI is InChI=1S/C25H31N5O4/c1-30-21-14-17(11-12-18(21)15-27-30)24(31)29-20(25(32)33)9-6-4-2-3-5-8-19-16-34-22-10-7-13-26-23(22)28-19/h7,10-15,19-20H,2-6,8-9,16H2,1H3,(H,26,28)(H,29,31)(H,32,33)/t19?,20-/m1/s1. The summed E-state index contributed by atoms with van der Waals surface area (Å²) in [4.78, 5) is 28.6. The maximum absolute atomic E-state index is 12.6. The Labute approximate surface area is 198 Å². The second-order valence-corrected chi connectivity index (χ2v) is 8.75. The van der Waals surface area contributed by atoms with Gasteiger partial charge in [-0.05, 0) is 37.1 Å². The molecule has 0 saturated carbocycles. The van der Waals surface area contributed by atoms with E-state index in [4.69, 9.17) is 4.74 Å². The minimum atomic E-state index is -1.01. The fraction of sp³-hybridized carbons (Fsp3) is 0.440. The Morgan fingerprint density at radius 3 is 2.91 bits per heavy atom. The van der Waals surface area contributed by atoms with E-state index in [0.717, 1.165) is 61.0 Å². The highest BCUT2D eigenvalue weighted by molar-refractivity contribution is 5.99. The summed E-state index contributed by atoms with van der Waals surface area (Å²) in [6, 6.07) is 8.39. The van der Waals surface area contributed by atoms with Crippen molar-refractivity contribution in [1.82, 2.24) is 20.1 Å². The number of amides is 1. The number of nitrogens with one attached hydrogen (secondary N) is 2. The largest absolute Gasteiger partial charge is 0.488 e. The number of carboxylic acid groups (broad SMARTS) is 1. The Morgan fingerprint density at radius 2 is 2.06 bits per heavy atom. The lowest BCUT2D eigenvalue weighted by molar-refractivity contribution is -0.139. The zero-order valence-electron chi connectivity index (χ0n) is 19.4. The molecule has 3 heterocycles. The number of aromatic nitrogens is 3. The summed E-state index contributed by atoms with van der Waals surface area (Å²) in [5, 5.41) is 20.7. The van der Waals surface area contributed by atoms with Gasteiger partial charge in [-0.2, -0.15) is 5.10 Å². The van der Waals surface area contributed by atoms with Crippen LogP contribution in [0.3, 0.4) is 0 Å². The van der Waals surface area contributed by atoms with E-state index >= 15 is 0 Å². The molecule has 3 aromatic rings. The molecule has 0 radical (unpaired) electrons. The molecule has 1 unspecified atom stereocenters. The third-order valence-corrected chi connectivity index (χ3v) is 6.21. The summed E-state index contributed by atoms with van der Waals surface area (Å²) in [5.74, 6) is 0.220. The number of fused-ring (bicyclic) bond motifs is 2. The molecule has 34 heavy (non-hydrogen) atoms. The van der Waals surface area contributed by atoms with Gasteiger partial charge in [-0.25, -0.2) is 9.78 Å². The van der Waals surface area contributed by atoms with E-state index in [2.05, 4.69) is 20.7 Å². The molecule has 0 saturated heterocycles. The van der Waals surface area contributed by atoms with Crippen molar-refractivity contribution >= 4 is 28.6 Å². The number of ether oxygens (including phenoxy) is 1. The van der Waals surface area contributed by atoms with Crippen molar-refractivity contribution in [2.45, 2.75) is 57.0 Å². The maximum Gasteiger partial charge on any atom is 0.326 e.